The highest BCUT2D eigenvalue weighted by Crippen LogP contribution is 2.42. The molecule has 1 fully saturated rings. The molecule has 3 heterocycles. The third kappa shape index (κ3) is 3.27. The van der Waals surface area contributed by atoms with Crippen molar-refractivity contribution < 1.29 is 9.47 Å². The Morgan fingerprint density at radius 1 is 1.16 bits per heavy atom. The van der Waals surface area contributed by atoms with Crippen molar-refractivity contribution in [1.29, 1.82) is 0 Å². The molecule has 1 saturated carbocycles. The zero-order valence-corrected chi connectivity index (χ0v) is 15.0. The van der Waals surface area contributed by atoms with Crippen molar-refractivity contribution in [2.24, 2.45) is 0 Å². The van der Waals surface area contributed by atoms with Gasteiger partial charge in [-0.25, -0.2) is 0 Å². The van der Waals surface area contributed by atoms with Gasteiger partial charge in [0.15, 0.2) is 0 Å². The van der Waals surface area contributed by atoms with Crippen molar-refractivity contribution in [1.82, 2.24) is 14.8 Å². The van der Waals surface area contributed by atoms with Crippen LogP contribution >= 0.6 is 0 Å². The lowest BCUT2D eigenvalue weighted by Crippen LogP contribution is -2.16. The lowest BCUT2D eigenvalue weighted by Gasteiger charge is -2.24. The van der Waals surface area contributed by atoms with Gasteiger partial charge >= 0.3 is 0 Å². The number of methoxy groups -OCH3 is 1. The first-order valence-electron chi connectivity index (χ1n) is 9.53. The summed E-state index contributed by atoms with van der Waals surface area (Å²) in [6, 6.07) is 2.61. The van der Waals surface area contributed by atoms with Crippen LogP contribution in [0.25, 0.3) is 11.3 Å². The van der Waals surface area contributed by atoms with E-state index in [0.29, 0.717) is 19.3 Å². The maximum atomic E-state index is 5.96. The van der Waals surface area contributed by atoms with Crippen LogP contribution in [0.2, 0.25) is 0 Å². The summed E-state index contributed by atoms with van der Waals surface area (Å²) in [5.74, 6) is 1.84. The van der Waals surface area contributed by atoms with Crippen LogP contribution in [0.15, 0.2) is 12.3 Å². The topological polar surface area (TPSA) is 64.1 Å². The first-order chi connectivity index (χ1) is 12.4. The van der Waals surface area contributed by atoms with Gasteiger partial charge in [0, 0.05) is 25.4 Å². The first-order valence-corrected chi connectivity index (χ1v) is 9.53. The number of H-pyrrole nitrogens is 1. The van der Waals surface area contributed by atoms with Crippen LogP contribution in [-0.2, 0) is 11.3 Å². The molecular formula is C19H28N4O2. The molecule has 2 aromatic heterocycles. The van der Waals surface area contributed by atoms with E-state index < -0.39 is 0 Å². The zero-order valence-electron chi connectivity index (χ0n) is 15.0. The lowest BCUT2D eigenvalue weighted by atomic mass is 9.96. The Morgan fingerprint density at radius 2 is 1.96 bits per heavy atom. The minimum atomic E-state index is 0.467. The fourth-order valence-electron chi connectivity index (χ4n) is 4.06. The number of aromatic nitrogens is 3. The quantitative estimate of drug-likeness (QED) is 0.801. The summed E-state index contributed by atoms with van der Waals surface area (Å²) in [4.78, 5) is 3.30. The molecule has 4 rings (SSSR count). The summed E-state index contributed by atoms with van der Waals surface area (Å²) < 4.78 is 13.3. The maximum Gasteiger partial charge on any atom is 0.238 e. The molecule has 2 aliphatic rings. The lowest BCUT2D eigenvalue weighted by molar-refractivity contribution is 0.142. The van der Waals surface area contributed by atoms with Gasteiger partial charge in [0.1, 0.15) is 12.4 Å². The highest BCUT2D eigenvalue weighted by atomic mass is 16.5. The van der Waals surface area contributed by atoms with Gasteiger partial charge in [-0.3, -0.25) is 4.68 Å². The third-order valence-electron chi connectivity index (χ3n) is 5.36. The second kappa shape index (κ2) is 7.52. The molecule has 2 aromatic rings. The average Bonchev–Trinajstić information content (AvgIpc) is 3.19. The molecular weight excluding hydrogens is 316 g/mol. The van der Waals surface area contributed by atoms with E-state index in [1.165, 1.54) is 61.8 Å². The summed E-state index contributed by atoms with van der Waals surface area (Å²) in [5, 5.41) is 8.37. The Morgan fingerprint density at radius 3 is 2.76 bits per heavy atom. The van der Waals surface area contributed by atoms with Crippen molar-refractivity contribution in [3.8, 4) is 17.1 Å². The van der Waals surface area contributed by atoms with Gasteiger partial charge in [-0.2, -0.15) is 0 Å². The molecule has 0 radical (unpaired) electrons. The van der Waals surface area contributed by atoms with Gasteiger partial charge in [-0.05, 0) is 18.9 Å². The van der Waals surface area contributed by atoms with E-state index in [1.54, 1.807) is 7.11 Å². The predicted molar refractivity (Wildman–Crippen MR) is 98.1 cm³/mol. The Balaban J connectivity index is 1.70. The van der Waals surface area contributed by atoms with Crippen molar-refractivity contribution in [3.63, 3.8) is 0 Å². The number of rotatable bonds is 5. The highest BCUT2D eigenvalue weighted by molar-refractivity contribution is 5.80. The molecule has 6 nitrogen and oxygen atoms in total. The van der Waals surface area contributed by atoms with Crippen molar-refractivity contribution in [2.45, 2.75) is 57.5 Å². The molecule has 0 unspecified atom stereocenters. The Bertz CT molecular complexity index is 698. The molecule has 1 aliphatic heterocycles. The molecule has 0 amide bonds. The van der Waals surface area contributed by atoms with Crippen LogP contribution in [0.1, 0.15) is 56.6 Å². The number of ether oxygens (including phenoxy) is 2. The Labute approximate surface area is 148 Å². The SMILES string of the molecule is COCCOc1nn(C2CCCCCCC2)c2c1CNc1[nH]ccc1-2. The van der Waals surface area contributed by atoms with Crippen LogP contribution < -0.4 is 10.1 Å². The Hall–Kier alpha value is -1.95. The Kier molecular flexibility index (Phi) is 4.97. The molecule has 0 bridgehead atoms. The molecule has 0 atom stereocenters. The van der Waals surface area contributed by atoms with Gasteiger partial charge < -0.3 is 19.8 Å². The van der Waals surface area contributed by atoms with Gasteiger partial charge in [0.2, 0.25) is 5.88 Å². The molecule has 25 heavy (non-hydrogen) atoms. The number of hydrogen-bond acceptors (Lipinski definition) is 4. The largest absolute Gasteiger partial charge is 0.474 e. The average molecular weight is 344 g/mol. The van der Waals surface area contributed by atoms with E-state index in [4.69, 9.17) is 14.6 Å². The van der Waals surface area contributed by atoms with Crippen molar-refractivity contribution in [2.75, 3.05) is 25.6 Å². The summed E-state index contributed by atoms with van der Waals surface area (Å²) in [5.41, 5.74) is 3.61. The molecule has 0 aromatic carbocycles. The number of hydrogen-bond donors (Lipinski definition) is 2. The number of fused-ring (bicyclic) bond motifs is 3. The molecule has 0 spiro atoms. The molecule has 0 saturated heterocycles. The number of anilines is 1. The van der Waals surface area contributed by atoms with Crippen LogP contribution in [0.5, 0.6) is 5.88 Å². The third-order valence-corrected chi connectivity index (χ3v) is 5.36. The molecule has 2 N–H and O–H groups in total. The van der Waals surface area contributed by atoms with Crippen LogP contribution in [0.4, 0.5) is 5.82 Å². The van der Waals surface area contributed by atoms with E-state index >= 15 is 0 Å². The second-order valence-electron chi connectivity index (χ2n) is 7.04. The van der Waals surface area contributed by atoms with Gasteiger partial charge in [0.25, 0.3) is 0 Å². The van der Waals surface area contributed by atoms with Crippen LogP contribution in [0.3, 0.4) is 0 Å². The highest BCUT2D eigenvalue weighted by Gasteiger charge is 2.29. The van der Waals surface area contributed by atoms with E-state index in [0.717, 1.165) is 18.2 Å². The normalized spacial score (nSPS) is 18.0. The molecule has 136 valence electrons. The molecule has 6 heteroatoms. The number of nitrogens with one attached hydrogen (secondary N) is 2. The first kappa shape index (κ1) is 16.5. The zero-order chi connectivity index (χ0) is 17.1. The fraction of sp³-hybridized carbons (Fsp3) is 0.632. The standard InChI is InChI=1S/C19H28N4O2/c1-24-11-12-25-19-16-13-21-18-15(9-10-20-18)17(16)23(22-19)14-7-5-3-2-4-6-8-14/h9-10,14,20-21H,2-8,11-13H2,1H3. The number of aromatic amines is 1. The smallest absolute Gasteiger partial charge is 0.238 e. The van der Waals surface area contributed by atoms with E-state index in [1.807, 2.05) is 6.20 Å². The minimum Gasteiger partial charge on any atom is -0.474 e. The summed E-state index contributed by atoms with van der Waals surface area (Å²) in [6.07, 6.45) is 11.0. The van der Waals surface area contributed by atoms with Gasteiger partial charge in [-0.15, -0.1) is 5.10 Å². The van der Waals surface area contributed by atoms with Crippen LogP contribution in [-0.4, -0.2) is 35.1 Å². The van der Waals surface area contributed by atoms with Crippen molar-refractivity contribution >= 4 is 5.82 Å². The monoisotopic (exact) mass is 344 g/mol. The van der Waals surface area contributed by atoms with E-state index in [9.17, 15) is 0 Å². The van der Waals surface area contributed by atoms with Crippen LogP contribution in [0, 0.1) is 0 Å². The van der Waals surface area contributed by atoms with E-state index in [2.05, 4.69) is 21.0 Å². The molecule has 1 aliphatic carbocycles. The summed E-state index contributed by atoms with van der Waals surface area (Å²) in [7, 11) is 1.69. The van der Waals surface area contributed by atoms with Crippen molar-refractivity contribution in [3.05, 3.63) is 17.8 Å². The predicted octanol–water partition coefficient (Wildman–Crippen LogP) is 4.11. The van der Waals surface area contributed by atoms with Gasteiger partial charge in [-0.1, -0.05) is 32.1 Å². The summed E-state index contributed by atoms with van der Waals surface area (Å²) in [6.45, 7) is 1.86. The second-order valence-corrected chi connectivity index (χ2v) is 7.04. The summed E-state index contributed by atoms with van der Waals surface area (Å²) >= 11 is 0. The van der Waals surface area contributed by atoms with E-state index in [-0.39, 0.29) is 0 Å². The fourth-order valence-corrected chi connectivity index (χ4v) is 4.06. The maximum absolute atomic E-state index is 5.96. The minimum absolute atomic E-state index is 0.467. The van der Waals surface area contributed by atoms with Gasteiger partial charge in [0.05, 0.1) is 23.9 Å². The number of nitrogens with zero attached hydrogens (tertiary/aromatic N) is 2.